The van der Waals surface area contributed by atoms with Crippen LogP contribution in [0.2, 0.25) is 0 Å². The molecule has 0 aliphatic rings. The zero-order valence-corrected chi connectivity index (χ0v) is 17.1. The van der Waals surface area contributed by atoms with Gasteiger partial charge in [0.15, 0.2) is 11.5 Å². The van der Waals surface area contributed by atoms with Crippen LogP contribution < -0.4 is 19.5 Å². The molecule has 0 saturated heterocycles. The topological polar surface area (TPSA) is 99.9 Å². The summed E-state index contributed by atoms with van der Waals surface area (Å²) in [6.07, 6.45) is 0. The van der Waals surface area contributed by atoms with Gasteiger partial charge in [0.05, 0.1) is 26.3 Å². The summed E-state index contributed by atoms with van der Waals surface area (Å²) < 4.78 is 18.0. The molecule has 0 aliphatic carbocycles. The van der Waals surface area contributed by atoms with Crippen molar-refractivity contribution < 1.29 is 19.0 Å². The van der Waals surface area contributed by atoms with Crippen LogP contribution in [-0.2, 0) is 0 Å². The Balaban J connectivity index is 1.47. The van der Waals surface area contributed by atoms with Gasteiger partial charge in [-0.1, -0.05) is 18.2 Å². The Kier molecular flexibility index (Phi) is 5.93. The first kappa shape index (κ1) is 20.1. The fourth-order valence-electron chi connectivity index (χ4n) is 3.01. The van der Waals surface area contributed by atoms with Crippen molar-refractivity contribution in [2.24, 2.45) is 0 Å². The number of aromatic nitrogens is 4. The zero-order chi connectivity index (χ0) is 21.6. The Morgan fingerprint density at radius 1 is 1.00 bits per heavy atom. The zero-order valence-electron chi connectivity index (χ0n) is 17.1. The largest absolute Gasteiger partial charge is 0.497 e. The SMILES string of the molecule is COc1ccc(-c2nnc3ccc(OCCNC(=O)c4ccccc4)nn23)c(OC)c1. The smallest absolute Gasteiger partial charge is 0.251 e. The fourth-order valence-corrected chi connectivity index (χ4v) is 3.01. The molecule has 4 rings (SSSR count). The number of carbonyl (C=O) groups excluding carboxylic acids is 1. The summed E-state index contributed by atoms with van der Waals surface area (Å²) in [5, 5.41) is 15.7. The highest BCUT2D eigenvalue weighted by Crippen LogP contribution is 2.32. The second-order valence-corrected chi connectivity index (χ2v) is 6.50. The van der Waals surface area contributed by atoms with Gasteiger partial charge in [-0.05, 0) is 30.3 Å². The fraction of sp³-hybridized carbons (Fsp3) is 0.182. The monoisotopic (exact) mass is 419 g/mol. The quantitative estimate of drug-likeness (QED) is 0.438. The van der Waals surface area contributed by atoms with Crippen LogP contribution >= 0.6 is 0 Å². The maximum atomic E-state index is 12.1. The molecule has 158 valence electrons. The predicted octanol–water partition coefficient (Wildman–Crippen LogP) is 2.62. The third-order valence-corrected chi connectivity index (χ3v) is 4.56. The Bertz CT molecular complexity index is 1190. The van der Waals surface area contributed by atoms with Gasteiger partial charge in [-0.2, -0.15) is 4.52 Å². The van der Waals surface area contributed by atoms with Crippen LogP contribution in [-0.4, -0.2) is 53.1 Å². The molecule has 0 fully saturated rings. The first-order valence-electron chi connectivity index (χ1n) is 9.60. The Labute approximate surface area is 178 Å². The van der Waals surface area contributed by atoms with Crippen LogP contribution in [0, 0.1) is 0 Å². The highest BCUT2D eigenvalue weighted by Gasteiger charge is 2.16. The summed E-state index contributed by atoms with van der Waals surface area (Å²) in [5.41, 5.74) is 1.89. The van der Waals surface area contributed by atoms with E-state index in [0.717, 1.165) is 5.56 Å². The molecule has 1 amide bonds. The van der Waals surface area contributed by atoms with Crippen LogP contribution in [0.3, 0.4) is 0 Å². The van der Waals surface area contributed by atoms with E-state index in [1.165, 1.54) is 0 Å². The van der Waals surface area contributed by atoms with Gasteiger partial charge in [0.1, 0.15) is 18.1 Å². The number of amides is 1. The van der Waals surface area contributed by atoms with Crippen molar-refractivity contribution >= 4 is 11.6 Å². The molecule has 0 aliphatic heterocycles. The number of carbonyl (C=O) groups is 1. The summed E-state index contributed by atoms with van der Waals surface area (Å²) in [4.78, 5) is 12.1. The number of nitrogens with zero attached hydrogens (tertiary/aromatic N) is 4. The minimum atomic E-state index is -0.152. The van der Waals surface area contributed by atoms with Gasteiger partial charge >= 0.3 is 0 Å². The molecule has 1 N–H and O–H groups in total. The maximum Gasteiger partial charge on any atom is 0.251 e. The number of hydrogen-bond donors (Lipinski definition) is 1. The van der Waals surface area contributed by atoms with E-state index in [1.54, 1.807) is 49.1 Å². The average molecular weight is 419 g/mol. The molecule has 0 unspecified atom stereocenters. The molecule has 0 radical (unpaired) electrons. The Morgan fingerprint density at radius 2 is 1.84 bits per heavy atom. The molecule has 9 nitrogen and oxygen atoms in total. The van der Waals surface area contributed by atoms with E-state index in [9.17, 15) is 4.79 Å². The molecule has 0 saturated carbocycles. The van der Waals surface area contributed by atoms with Gasteiger partial charge in [0, 0.05) is 17.7 Å². The van der Waals surface area contributed by atoms with Crippen molar-refractivity contribution in [2.75, 3.05) is 27.4 Å². The van der Waals surface area contributed by atoms with Crippen molar-refractivity contribution in [1.82, 2.24) is 25.1 Å². The van der Waals surface area contributed by atoms with Gasteiger partial charge in [-0.15, -0.1) is 15.3 Å². The van der Waals surface area contributed by atoms with Crippen molar-refractivity contribution in [2.45, 2.75) is 0 Å². The minimum Gasteiger partial charge on any atom is -0.497 e. The van der Waals surface area contributed by atoms with E-state index >= 15 is 0 Å². The summed E-state index contributed by atoms with van der Waals surface area (Å²) in [6, 6.07) is 17.9. The number of nitrogens with one attached hydrogen (secondary N) is 1. The molecule has 31 heavy (non-hydrogen) atoms. The molecular weight excluding hydrogens is 398 g/mol. The van der Waals surface area contributed by atoms with E-state index in [1.807, 2.05) is 30.3 Å². The van der Waals surface area contributed by atoms with Crippen LogP contribution in [0.25, 0.3) is 17.0 Å². The number of rotatable bonds is 8. The minimum absolute atomic E-state index is 0.152. The van der Waals surface area contributed by atoms with E-state index in [2.05, 4.69) is 20.6 Å². The van der Waals surface area contributed by atoms with Crippen LogP contribution in [0.5, 0.6) is 17.4 Å². The van der Waals surface area contributed by atoms with Crippen LogP contribution in [0.15, 0.2) is 60.7 Å². The van der Waals surface area contributed by atoms with Gasteiger partial charge in [-0.25, -0.2) is 0 Å². The van der Waals surface area contributed by atoms with Crippen molar-refractivity contribution in [1.29, 1.82) is 0 Å². The number of methoxy groups -OCH3 is 2. The standard InChI is InChI=1S/C22H21N5O4/c1-29-16-8-9-17(18(14-16)30-2)21-25-24-19-10-11-20(26-27(19)21)31-13-12-23-22(28)15-6-4-3-5-7-15/h3-11,14H,12-13H2,1-2H3,(H,23,28). The van der Waals surface area contributed by atoms with Gasteiger partial charge in [-0.3, -0.25) is 4.79 Å². The molecule has 2 heterocycles. The summed E-state index contributed by atoms with van der Waals surface area (Å²) in [6.45, 7) is 0.606. The average Bonchev–Trinajstić information content (AvgIpc) is 3.24. The molecule has 0 bridgehead atoms. The number of fused-ring (bicyclic) bond motifs is 1. The summed E-state index contributed by atoms with van der Waals surface area (Å²) >= 11 is 0. The lowest BCUT2D eigenvalue weighted by atomic mass is 10.2. The summed E-state index contributed by atoms with van der Waals surface area (Å²) in [5.74, 6) is 2.00. The van der Waals surface area contributed by atoms with E-state index in [0.29, 0.717) is 41.0 Å². The lowest BCUT2D eigenvalue weighted by Gasteiger charge is -2.10. The molecular formula is C22H21N5O4. The van der Waals surface area contributed by atoms with Gasteiger partial charge in [0.25, 0.3) is 5.91 Å². The molecule has 4 aromatic rings. The third-order valence-electron chi connectivity index (χ3n) is 4.56. The van der Waals surface area contributed by atoms with Gasteiger partial charge < -0.3 is 19.5 Å². The van der Waals surface area contributed by atoms with Crippen LogP contribution in [0.1, 0.15) is 10.4 Å². The number of ether oxygens (including phenoxy) is 3. The van der Waals surface area contributed by atoms with Crippen molar-refractivity contribution in [3.8, 4) is 28.8 Å². The van der Waals surface area contributed by atoms with E-state index in [4.69, 9.17) is 14.2 Å². The number of hydrogen-bond acceptors (Lipinski definition) is 7. The highest BCUT2D eigenvalue weighted by molar-refractivity contribution is 5.94. The molecule has 9 heteroatoms. The summed E-state index contributed by atoms with van der Waals surface area (Å²) in [7, 11) is 3.17. The van der Waals surface area contributed by atoms with Crippen molar-refractivity contribution in [3.63, 3.8) is 0 Å². The van der Waals surface area contributed by atoms with Crippen LogP contribution in [0.4, 0.5) is 0 Å². The Hall–Kier alpha value is -4.14. The lowest BCUT2D eigenvalue weighted by Crippen LogP contribution is -2.28. The number of benzene rings is 2. The first-order chi connectivity index (χ1) is 15.2. The Morgan fingerprint density at radius 3 is 2.61 bits per heavy atom. The van der Waals surface area contributed by atoms with Gasteiger partial charge in [0.2, 0.25) is 5.88 Å². The second-order valence-electron chi connectivity index (χ2n) is 6.50. The highest BCUT2D eigenvalue weighted by atomic mass is 16.5. The molecule has 0 spiro atoms. The predicted molar refractivity (Wildman–Crippen MR) is 114 cm³/mol. The molecule has 2 aromatic carbocycles. The third kappa shape index (κ3) is 4.40. The first-order valence-corrected chi connectivity index (χ1v) is 9.60. The van der Waals surface area contributed by atoms with E-state index < -0.39 is 0 Å². The molecule has 2 aromatic heterocycles. The maximum absolute atomic E-state index is 12.1. The second kappa shape index (κ2) is 9.12. The lowest BCUT2D eigenvalue weighted by molar-refractivity contribution is 0.0946. The van der Waals surface area contributed by atoms with E-state index in [-0.39, 0.29) is 12.5 Å². The normalized spacial score (nSPS) is 10.6. The molecule has 0 atom stereocenters. The van der Waals surface area contributed by atoms with Crippen molar-refractivity contribution in [3.05, 3.63) is 66.2 Å².